The van der Waals surface area contributed by atoms with Crippen LogP contribution in [-0.4, -0.2) is 18.8 Å². The number of hydrogen-bond donors (Lipinski definition) is 2. The number of benzene rings is 1. The third-order valence-corrected chi connectivity index (χ3v) is 2.50. The van der Waals surface area contributed by atoms with E-state index in [4.69, 9.17) is 28.6 Å². The molecule has 0 aliphatic rings. The van der Waals surface area contributed by atoms with Crippen molar-refractivity contribution >= 4 is 34.6 Å². The average molecular weight is 271 g/mol. The summed E-state index contributed by atoms with van der Waals surface area (Å²) in [5.41, 5.74) is 1.83. The molecule has 0 aliphatic heterocycles. The lowest BCUT2D eigenvalue weighted by Gasteiger charge is -2.11. The molecule has 0 amide bonds. The molecule has 0 aromatic heterocycles. The molecule has 0 radical (unpaired) electrons. The second-order valence-electron chi connectivity index (χ2n) is 3.61. The van der Waals surface area contributed by atoms with Crippen LogP contribution in [-0.2, 0) is 0 Å². The van der Waals surface area contributed by atoms with Gasteiger partial charge in [0.2, 0.25) is 0 Å². The zero-order valence-electron chi connectivity index (χ0n) is 9.84. The maximum Gasteiger partial charge on any atom is 0.171 e. The monoisotopic (exact) mass is 270 g/mol. The van der Waals surface area contributed by atoms with Crippen LogP contribution in [0.1, 0.15) is 6.92 Å². The van der Waals surface area contributed by atoms with Crippen LogP contribution < -0.4 is 15.4 Å². The van der Waals surface area contributed by atoms with Gasteiger partial charge in [-0.1, -0.05) is 23.8 Å². The van der Waals surface area contributed by atoms with Gasteiger partial charge in [0.1, 0.15) is 5.75 Å². The van der Waals surface area contributed by atoms with Gasteiger partial charge >= 0.3 is 0 Å². The van der Waals surface area contributed by atoms with Gasteiger partial charge in [-0.05, 0) is 37.3 Å². The molecule has 5 heteroatoms. The Morgan fingerprint density at radius 1 is 1.53 bits per heavy atom. The summed E-state index contributed by atoms with van der Waals surface area (Å²) < 4.78 is 5.06. The molecule has 1 aromatic carbocycles. The summed E-state index contributed by atoms with van der Waals surface area (Å²) >= 11 is 11.1. The van der Waals surface area contributed by atoms with Crippen molar-refractivity contribution in [3.8, 4) is 5.75 Å². The van der Waals surface area contributed by atoms with Crippen molar-refractivity contribution < 1.29 is 4.74 Å². The SMILES string of the molecule is C=C(C)CNC(=S)Nc1ccc(OC)c(Cl)c1. The molecule has 2 N–H and O–H groups in total. The summed E-state index contributed by atoms with van der Waals surface area (Å²) in [4.78, 5) is 0. The maximum absolute atomic E-state index is 6.00. The van der Waals surface area contributed by atoms with Crippen molar-refractivity contribution in [3.63, 3.8) is 0 Å². The Morgan fingerprint density at radius 3 is 2.76 bits per heavy atom. The molecule has 0 aliphatic carbocycles. The molecule has 0 saturated carbocycles. The molecule has 0 bridgehead atoms. The van der Waals surface area contributed by atoms with Gasteiger partial charge in [0.05, 0.1) is 12.1 Å². The van der Waals surface area contributed by atoms with Crippen LogP contribution in [0.4, 0.5) is 5.69 Å². The van der Waals surface area contributed by atoms with E-state index in [1.165, 1.54) is 0 Å². The predicted molar refractivity (Wildman–Crippen MR) is 77.0 cm³/mol. The fourth-order valence-corrected chi connectivity index (χ4v) is 1.60. The molecule has 92 valence electrons. The number of anilines is 1. The Hall–Kier alpha value is -1.26. The largest absolute Gasteiger partial charge is 0.495 e. The summed E-state index contributed by atoms with van der Waals surface area (Å²) in [5, 5.41) is 7.13. The third-order valence-electron chi connectivity index (χ3n) is 1.96. The minimum Gasteiger partial charge on any atom is -0.495 e. The minimum absolute atomic E-state index is 0.536. The van der Waals surface area contributed by atoms with Crippen molar-refractivity contribution in [1.82, 2.24) is 5.32 Å². The molecule has 0 unspecified atom stereocenters. The van der Waals surface area contributed by atoms with Gasteiger partial charge < -0.3 is 15.4 Å². The Morgan fingerprint density at radius 2 is 2.24 bits per heavy atom. The molecular weight excluding hydrogens is 256 g/mol. The molecule has 3 nitrogen and oxygen atoms in total. The molecule has 1 aromatic rings. The van der Waals surface area contributed by atoms with Gasteiger partial charge in [-0.15, -0.1) is 0 Å². The van der Waals surface area contributed by atoms with Crippen LogP contribution in [0.3, 0.4) is 0 Å². The fourth-order valence-electron chi connectivity index (χ4n) is 1.15. The summed E-state index contributed by atoms with van der Waals surface area (Å²) in [6, 6.07) is 5.39. The Kier molecular flexibility index (Phi) is 5.25. The van der Waals surface area contributed by atoms with Crippen LogP contribution in [0.2, 0.25) is 5.02 Å². The lowest BCUT2D eigenvalue weighted by Crippen LogP contribution is -2.29. The summed E-state index contributed by atoms with van der Waals surface area (Å²) in [6.07, 6.45) is 0. The van der Waals surface area contributed by atoms with E-state index in [9.17, 15) is 0 Å². The number of hydrogen-bond acceptors (Lipinski definition) is 2. The van der Waals surface area contributed by atoms with Gasteiger partial charge in [-0.3, -0.25) is 0 Å². The first-order valence-electron chi connectivity index (χ1n) is 5.05. The van der Waals surface area contributed by atoms with Crippen LogP contribution in [0.5, 0.6) is 5.75 Å². The van der Waals surface area contributed by atoms with Crippen molar-refractivity contribution in [1.29, 1.82) is 0 Å². The van der Waals surface area contributed by atoms with Crippen molar-refractivity contribution in [2.75, 3.05) is 19.0 Å². The number of halogens is 1. The second kappa shape index (κ2) is 6.47. The van der Waals surface area contributed by atoms with Crippen LogP contribution in [0.25, 0.3) is 0 Å². The topological polar surface area (TPSA) is 33.3 Å². The highest BCUT2D eigenvalue weighted by Crippen LogP contribution is 2.27. The molecule has 0 fully saturated rings. The van der Waals surface area contributed by atoms with E-state index in [2.05, 4.69) is 17.2 Å². The first kappa shape index (κ1) is 13.8. The normalized spacial score (nSPS) is 9.59. The van der Waals surface area contributed by atoms with E-state index in [1.807, 2.05) is 13.0 Å². The number of ether oxygens (including phenoxy) is 1. The summed E-state index contributed by atoms with van der Waals surface area (Å²) in [7, 11) is 1.58. The van der Waals surface area contributed by atoms with E-state index in [-0.39, 0.29) is 0 Å². The first-order valence-corrected chi connectivity index (χ1v) is 5.84. The highest BCUT2D eigenvalue weighted by atomic mass is 35.5. The van der Waals surface area contributed by atoms with E-state index in [1.54, 1.807) is 19.2 Å². The molecule has 0 saturated heterocycles. The van der Waals surface area contributed by atoms with E-state index < -0.39 is 0 Å². The smallest absolute Gasteiger partial charge is 0.171 e. The highest BCUT2D eigenvalue weighted by Gasteiger charge is 2.02. The Labute approximate surface area is 112 Å². The first-order chi connectivity index (χ1) is 8.02. The van der Waals surface area contributed by atoms with Gasteiger partial charge in [0.15, 0.2) is 5.11 Å². The van der Waals surface area contributed by atoms with Crippen molar-refractivity contribution in [2.24, 2.45) is 0 Å². The third kappa shape index (κ3) is 4.63. The Bertz CT molecular complexity index is 435. The standard InChI is InChI=1S/C12H15ClN2OS/c1-8(2)7-14-12(17)15-9-4-5-11(16-3)10(13)6-9/h4-6H,1,7H2,2-3H3,(H2,14,15,17). The van der Waals surface area contributed by atoms with E-state index >= 15 is 0 Å². The van der Waals surface area contributed by atoms with E-state index in [0.29, 0.717) is 22.4 Å². The molecule has 17 heavy (non-hydrogen) atoms. The second-order valence-corrected chi connectivity index (χ2v) is 4.43. The van der Waals surface area contributed by atoms with Gasteiger partial charge in [-0.25, -0.2) is 0 Å². The number of nitrogens with one attached hydrogen (secondary N) is 2. The highest BCUT2D eigenvalue weighted by molar-refractivity contribution is 7.80. The fraction of sp³-hybridized carbons (Fsp3) is 0.250. The minimum atomic E-state index is 0.536. The van der Waals surface area contributed by atoms with Gasteiger partial charge in [0.25, 0.3) is 0 Å². The molecular formula is C12H15ClN2OS. The van der Waals surface area contributed by atoms with Gasteiger partial charge in [-0.2, -0.15) is 0 Å². The van der Waals surface area contributed by atoms with Gasteiger partial charge in [0, 0.05) is 12.2 Å². The lowest BCUT2D eigenvalue weighted by molar-refractivity contribution is 0.415. The van der Waals surface area contributed by atoms with Crippen LogP contribution in [0.15, 0.2) is 30.4 Å². The average Bonchev–Trinajstić information content (AvgIpc) is 2.26. The van der Waals surface area contributed by atoms with Crippen molar-refractivity contribution in [2.45, 2.75) is 6.92 Å². The van der Waals surface area contributed by atoms with Crippen LogP contribution in [0, 0.1) is 0 Å². The molecule has 1 rings (SSSR count). The zero-order valence-corrected chi connectivity index (χ0v) is 11.4. The lowest BCUT2D eigenvalue weighted by atomic mass is 10.3. The van der Waals surface area contributed by atoms with Crippen LogP contribution >= 0.6 is 23.8 Å². The summed E-state index contributed by atoms with van der Waals surface area (Å²) in [6.45, 7) is 6.36. The number of thiocarbonyl (C=S) groups is 1. The Balaban J connectivity index is 2.60. The number of methoxy groups -OCH3 is 1. The number of rotatable bonds is 4. The van der Waals surface area contributed by atoms with Crippen molar-refractivity contribution in [3.05, 3.63) is 35.4 Å². The zero-order chi connectivity index (χ0) is 12.8. The predicted octanol–water partition coefficient (Wildman–Crippen LogP) is 3.21. The molecule has 0 spiro atoms. The molecule has 0 heterocycles. The summed E-state index contributed by atoms with van der Waals surface area (Å²) in [5.74, 6) is 0.637. The maximum atomic E-state index is 6.00. The molecule has 0 atom stereocenters. The quantitative estimate of drug-likeness (QED) is 0.650. The van der Waals surface area contributed by atoms with E-state index in [0.717, 1.165) is 11.3 Å².